The number of ether oxygens (including phenoxy) is 3. The van der Waals surface area contributed by atoms with Crippen LogP contribution >= 0.6 is 22.9 Å². The number of methoxy groups -OCH3 is 1. The summed E-state index contributed by atoms with van der Waals surface area (Å²) in [6.07, 6.45) is 1.44. The van der Waals surface area contributed by atoms with Crippen molar-refractivity contribution >= 4 is 35.0 Å². The van der Waals surface area contributed by atoms with Gasteiger partial charge in [-0.2, -0.15) is 0 Å². The first-order chi connectivity index (χ1) is 17.2. The van der Waals surface area contributed by atoms with Gasteiger partial charge in [0, 0.05) is 0 Å². The van der Waals surface area contributed by atoms with E-state index in [1.165, 1.54) is 11.3 Å². The highest BCUT2D eigenvalue weighted by atomic mass is 35.5. The Morgan fingerprint density at radius 1 is 1.22 bits per heavy atom. The van der Waals surface area contributed by atoms with Crippen LogP contribution in [0.25, 0.3) is 6.08 Å². The topological polar surface area (TPSA) is 79.1 Å². The smallest absolute Gasteiger partial charge is 0.338 e. The summed E-state index contributed by atoms with van der Waals surface area (Å²) in [7, 11) is 1.55. The predicted molar refractivity (Wildman–Crippen MR) is 141 cm³/mol. The molecule has 0 spiro atoms. The van der Waals surface area contributed by atoms with Gasteiger partial charge in [0.15, 0.2) is 4.80 Å². The molecular weight excluding hydrogens is 500 g/mol. The zero-order valence-electron chi connectivity index (χ0n) is 20.7. The summed E-state index contributed by atoms with van der Waals surface area (Å²) < 4.78 is 18.4. The molecule has 7 nitrogen and oxygen atoms in total. The van der Waals surface area contributed by atoms with Crippen LogP contribution in [0, 0.1) is 0 Å². The monoisotopic (exact) mass is 526 g/mol. The van der Waals surface area contributed by atoms with Crippen molar-refractivity contribution in [2.75, 3.05) is 13.7 Å². The first-order valence-corrected chi connectivity index (χ1v) is 12.7. The van der Waals surface area contributed by atoms with E-state index in [1.54, 1.807) is 50.7 Å². The number of benzene rings is 2. The summed E-state index contributed by atoms with van der Waals surface area (Å²) in [5.41, 5.74) is 2.09. The normalized spacial score (nSPS) is 15.5. The fourth-order valence-corrected chi connectivity index (χ4v) is 5.33. The summed E-state index contributed by atoms with van der Waals surface area (Å²) >= 11 is 7.53. The molecule has 2 aromatic carbocycles. The van der Waals surface area contributed by atoms with Crippen molar-refractivity contribution in [3.05, 3.63) is 89.6 Å². The van der Waals surface area contributed by atoms with Crippen LogP contribution in [0.2, 0.25) is 5.02 Å². The van der Waals surface area contributed by atoms with Crippen LogP contribution in [0.5, 0.6) is 11.5 Å². The number of halogens is 1. The van der Waals surface area contributed by atoms with E-state index < -0.39 is 12.0 Å². The van der Waals surface area contributed by atoms with Crippen LogP contribution < -0.4 is 24.4 Å². The molecule has 0 saturated carbocycles. The van der Waals surface area contributed by atoms with Gasteiger partial charge in [-0.25, -0.2) is 9.79 Å². The zero-order valence-corrected chi connectivity index (χ0v) is 22.3. The Balaban J connectivity index is 1.89. The molecule has 4 rings (SSSR count). The number of thiazole rings is 1. The molecule has 3 aromatic rings. The zero-order chi connectivity index (χ0) is 26.0. The van der Waals surface area contributed by atoms with Gasteiger partial charge in [0.2, 0.25) is 0 Å². The molecule has 188 valence electrons. The molecule has 1 aromatic heterocycles. The molecule has 0 saturated heterocycles. The molecule has 1 atom stereocenters. The lowest BCUT2D eigenvalue weighted by Gasteiger charge is -2.25. The van der Waals surface area contributed by atoms with Gasteiger partial charge in [-0.1, -0.05) is 41.1 Å². The molecule has 36 heavy (non-hydrogen) atoms. The molecule has 0 radical (unpaired) electrons. The van der Waals surface area contributed by atoms with Crippen molar-refractivity contribution in [1.29, 1.82) is 0 Å². The summed E-state index contributed by atoms with van der Waals surface area (Å²) in [5.74, 6) is 0.758. The highest BCUT2D eigenvalue weighted by molar-refractivity contribution is 7.07. The number of hydrogen-bond acceptors (Lipinski definition) is 7. The lowest BCUT2D eigenvalue weighted by molar-refractivity contribution is -0.143. The Hall–Kier alpha value is -3.36. The maximum Gasteiger partial charge on any atom is 0.338 e. The Morgan fingerprint density at radius 3 is 2.56 bits per heavy atom. The summed E-state index contributed by atoms with van der Waals surface area (Å²) in [6.45, 7) is 7.78. The van der Waals surface area contributed by atoms with Gasteiger partial charge in [0.05, 0.1) is 46.7 Å². The number of fused-ring (bicyclic) bond motifs is 1. The summed E-state index contributed by atoms with van der Waals surface area (Å²) in [6, 6.07) is 12.0. The molecule has 2 heterocycles. The van der Waals surface area contributed by atoms with Crippen molar-refractivity contribution < 1.29 is 19.0 Å². The van der Waals surface area contributed by atoms with Gasteiger partial charge in [0.1, 0.15) is 11.5 Å². The molecule has 1 aliphatic heterocycles. The van der Waals surface area contributed by atoms with E-state index in [1.807, 2.05) is 37.3 Å². The quantitative estimate of drug-likeness (QED) is 0.430. The highest BCUT2D eigenvalue weighted by Crippen LogP contribution is 2.32. The molecule has 0 aliphatic carbocycles. The van der Waals surface area contributed by atoms with E-state index in [0.717, 1.165) is 11.1 Å². The van der Waals surface area contributed by atoms with Crippen LogP contribution in [-0.2, 0) is 9.53 Å². The van der Waals surface area contributed by atoms with Gasteiger partial charge in [-0.3, -0.25) is 9.36 Å². The summed E-state index contributed by atoms with van der Waals surface area (Å²) in [4.78, 5) is 32.0. The number of esters is 1. The first-order valence-electron chi connectivity index (χ1n) is 11.5. The minimum atomic E-state index is -0.690. The Labute approximate surface area is 217 Å². The number of hydrogen-bond donors (Lipinski definition) is 0. The standard InChI is InChI=1S/C27H27ClN2O5S/c1-6-34-19-10-8-18(9-11-19)24-23(26(32)35-15(2)3)16(4)29-27-30(24)25(31)22(36-27)14-17-7-12-21(33-5)20(28)13-17/h7-15,24H,6H2,1-5H3/b22-14-/t24-/m1/s1. The van der Waals surface area contributed by atoms with Crippen LogP contribution in [-0.4, -0.2) is 30.4 Å². The first kappa shape index (κ1) is 25.7. The van der Waals surface area contributed by atoms with Crippen LogP contribution in [0.4, 0.5) is 0 Å². The summed E-state index contributed by atoms with van der Waals surface area (Å²) in [5, 5.41) is 0.445. The van der Waals surface area contributed by atoms with Crippen molar-refractivity contribution in [3.8, 4) is 11.5 Å². The van der Waals surface area contributed by atoms with Gasteiger partial charge in [0.25, 0.3) is 5.56 Å². The minimum absolute atomic E-state index is 0.257. The number of allylic oxidation sites excluding steroid dienone is 1. The Bertz CT molecular complexity index is 1500. The predicted octanol–water partition coefficient (Wildman–Crippen LogP) is 4.25. The molecule has 0 N–H and O–H groups in total. The second-order valence-corrected chi connectivity index (χ2v) is 9.85. The molecule has 0 amide bonds. The number of aromatic nitrogens is 1. The second-order valence-electron chi connectivity index (χ2n) is 8.43. The van der Waals surface area contributed by atoms with Crippen LogP contribution in [0.15, 0.2) is 63.5 Å². The molecular formula is C27H27ClN2O5S. The molecule has 0 bridgehead atoms. The number of rotatable bonds is 7. The molecule has 0 fully saturated rings. The van der Waals surface area contributed by atoms with Crippen molar-refractivity contribution in [1.82, 2.24) is 4.57 Å². The third kappa shape index (κ3) is 5.10. The van der Waals surface area contributed by atoms with Gasteiger partial charge >= 0.3 is 5.97 Å². The van der Waals surface area contributed by atoms with E-state index in [0.29, 0.717) is 43.7 Å². The van der Waals surface area contributed by atoms with Gasteiger partial charge in [-0.05, 0) is 69.2 Å². The third-order valence-electron chi connectivity index (χ3n) is 5.56. The van der Waals surface area contributed by atoms with Crippen molar-refractivity contribution in [2.45, 2.75) is 39.8 Å². The number of carbonyl (C=O) groups excluding carboxylic acids is 1. The fraction of sp³-hybridized carbons (Fsp3) is 0.296. The van der Waals surface area contributed by atoms with Crippen LogP contribution in [0.1, 0.15) is 44.9 Å². The fourth-order valence-electron chi connectivity index (χ4n) is 4.01. The number of carbonyl (C=O) groups is 1. The minimum Gasteiger partial charge on any atom is -0.495 e. The van der Waals surface area contributed by atoms with E-state index in [9.17, 15) is 9.59 Å². The Kier molecular flexibility index (Phi) is 7.66. The third-order valence-corrected chi connectivity index (χ3v) is 6.84. The van der Waals surface area contributed by atoms with Crippen LogP contribution in [0.3, 0.4) is 0 Å². The largest absolute Gasteiger partial charge is 0.495 e. The molecule has 1 aliphatic rings. The van der Waals surface area contributed by atoms with E-state index in [4.69, 9.17) is 25.8 Å². The van der Waals surface area contributed by atoms with E-state index in [-0.39, 0.29) is 11.7 Å². The maximum absolute atomic E-state index is 13.7. The average Bonchev–Trinajstić information content (AvgIpc) is 3.13. The molecule has 9 heteroatoms. The highest BCUT2D eigenvalue weighted by Gasteiger charge is 2.33. The van der Waals surface area contributed by atoms with E-state index >= 15 is 0 Å². The number of nitrogens with zero attached hydrogens (tertiary/aromatic N) is 2. The van der Waals surface area contributed by atoms with Gasteiger partial charge < -0.3 is 14.2 Å². The average molecular weight is 527 g/mol. The van der Waals surface area contributed by atoms with Crippen molar-refractivity contribution in [3.63, 3.8) is 0 Å². The van der Waals surface area contributed by atoms with Gasteiger partial charge in [-0.15, -0.1) is 0 Å². The lowest BCUT2D eigenvalue weighted by atomic mass is 9.96. The van der Waals surface area contributed by atoms with E-state index in [2.05, 4.69) is 4.99 Å². The van der Waals surface area contributed by atoms with Crippen molar-refractivity contribution in [2.24, 2.45) is 4.99 Å². The lowest BCUT2D eigenvalue weighted by Crippen LogP contribution is -2.40. The maximum atomic E-state index is 13.7. The Morgan fingerprint density at radius 2 is 1.94 bits per heavy atom. The molecule has 0 unspecified atom stereocenters. The second kappa shape index (κ2) is 10.7. The SMILES string of the molecule is CCOc1ccc([C@@H]2C(C(=O)OC(C)C)=C(C)N=c3s/c(=C\c4ccc(OC)c(Cl)c4)c(=O)n32)cc1.